The third-order valence-electron chi connectivity index (χ3n) is 2.76. The van der Waals surface area contributed by atoms with E-state index in [0.717, 1.165) is 17.7 Å². The third kappa shape index (κ3) is 2.68. The zero-order valence-corrected chi connectivity index (χ0v) is 10.2. The minimum Gasteiger partial charge on any atom is -0.497 e. The average molecular weight is 234 g/mol. The van der Waals surface area contributed by atoms with Crippen molar-refractivity contribution in [2.75, 3.05) is 7.11 Å². The second-order valence-electron chi connectivity index (χ2n) is 3.97. The molecule has 1 atom stereocenters. The van der Waals surface area contributed by atoms with Gasteiger partial charge >= 0.3 is 0 Å². The molecule has 0 saturated heterocycles. The summed E-state index contributed by atoms with van der Waals surface area (Å²) >= 11 is 0. The summed E-state index contributed by atoms with van der Waals surface area (Å²) in [5.74, 6) is 1.41. The molecule has 2 rings (SSSR count). The van der Waals surface area contributed by atoms with Crippen molar-refractivity contribution < 1.29 is 4.74 Å². The van der Waals surface area contributed by atoms with Crippen LogP contribution in [0.1, 0.15) is 18.9 Å². The predicted octanol–water partition coefficient (Wildman–Crippen LogP) is 1.07. The highest BCUT2D eigenvalue weighted by Gasteiger charge is 2.20. The molecule has 0 bridgehead atoms. The quantitative estimate of drug-likeness (QED) is 0.818. The number of nitrogens with zero attached hydrogens (tertiary/aromatic N) is 2. The highest BCUT2D eigenvalue weighted by molar-refractivity contribution is 5.79. The average Bonchev–Trinajstić information content (AvgIpc) is 2.71. The molecule has 17 heavy (non-hydrogen) atoms. The number of rotatable bonds is 4. The van der Waals surface area contributed by atoms with Crippen LogP contribution in [0, 0.1) is 0 Å². The Balaban J connectivity index is 1.99. The van der Waals surface area contributed by atoms with Crippen molar-refractivity contribution in [3.63, 3.8) is 0 Å². The minimum absolute atomic E-state index is 0.105. The molecule has 5 nitrogen and oxygen atoms in total. The van der Waals surface area contributed by atoms with Crippen LogP contribution in [-0.2, 0) is 6.54 Å². The van der Waals surface area contributed by atoms with Gasteiger partial charge in [-0.25, -0.2) is 10.4 Å². The summed E-state index contributed by atoms with van der Waals surface area (Å²) in [6.45, 7) is 2.78. The fourth-order valence-corrected chi connectivity index (χ4v) is 1.73. The van der Waals surface area contributed by atoms with E-state index in [9.17, 15) is 0 Å². The van der Waals surface area contributed by atoms with Gasteiger partial charge in [-0.15, -0.1) is 0 Å². The van der Waals surface area contributed by atoms with Crippen LogP contribution in [0.25, 0.3) is 0 Å². The second kappa shape index (κ2) is 5.05. The Kier molecular flexibility index (Phi) is 3.49. The Morgan fingerprint density at radius 1 is 1.41 bits per heavy atom. The van der Waals surface area contributed by atoms with Gasteiger partial charge in [-0.1, -0.05) is 19.1 Å². The minimum atomic E-state index is 0.105. The normalized spacial score (nSPS) is 19.3. The molecule has 1 aromatic carbocycles. The van der Waals surface area contributed by atoms with Crippen molar-refractivity contribution in [3.05, 3.63) is 29.8 Å². The summed E-state index contributed by atoms with van der Waals surface area (Å²) in [6.07, 6.45) is 1.04. The van der Waals surface area contributed by atoms with Crippen LogP contribution in [0.4, 0.5) is 0 Å². The first-order valence-electron chi connectivity index (χ1n) is 5.73. The Morgan fingerprint density at radius 3 is 2.65 bits per heavy atom. The van der Waals surface area contributed by atoms with Gasteiger partial charge < -0.3 is 10.5 Å². The SMILES string of the molecule is CCC1N=C(N)N(Cc2ccc(OC)cc2)N1. The van der Waals surface area contributed by atoms with Crippen molar-refractivity contribution in [1.82, 2.24) is 10.4 Å². The molecule has 1 aliphatic heterocycles. The number of guanidine groups is 1. The van der Waals surface area contributed by atoms with Gasteiger partial charge in [0.25, 0.3) is 0 Å². The fraction of sp³-hybridized carbons (Fsp3) is 0.417. The largest absolute Gasteiger partial charge is 0.497 e. The number of nitrogens with one attached hydrogen (secondary N) is 1. The van der Waals surface area contributed by atoms with Gasteiger partial charge in [-0.05, 0) is 24.1 Å². The van der Waals surface area contributed by atoms with Crippen LogP contribution in [-0.4, -0.2) is 24.2 Å². The number of ether oxygens (including phenoxy) is 1. The van der Waals surface area contributed by atoms with Gasteiger partial charge in [-0.2, -0.15) is 0 Å². The second-order valence-corrected chi connectivity index (χ2v) is 3.97. The lowest BCUT2D eigenvalue weighted by molar-refractivity contribution is 0.284. The van der Waals surface area contributed by atoms with Crippen molar-refractivity contribution in [2.24, 2.45) is 10.7 Å². The van der Waals surface area contributed by atoms with Crippen LogP contribution in [0.3, 0.4) is 0 Å². The number of methoxy groups -OCH3 is 1. The zero-order chi connectivity index (χ0) is 12.3. The molecule has 1 heterocycles. The van der Waals surface area contributed by atoms with Gasteiger partial charge in [0.1, 0.15) is 11.9 Å². The maximum Gasteiger partial charge on any atom is 0.207 e. The van der Waals surface area contributed by atoms with Crippen LogP contribution >= 0.6 is 0 Å². The number of benzene rings is 1. The molecular weight excluding hydrogens is 216 g/mol. The number of hydrogen-bond acceptors (Lipinski definition) is 5. The Bertz CT molecular complexity index is 401. The molecule has 0 aromatic heterocycles. The highest BCUT2D eigenvalue weighted by atomic mass is 16.5. The number of hydrogen-bond donors (Lipinski definition) is 2. The molecule has 3 N–H and O–H groups in total. The molecular formula is C12H18N4O. The Hall–Kier alpha value is -1.75. The lowest BCUT2D eigenvalue weighted by Crippen LogP contribution is -2.42. The maximum atomic E-state index is 5.84. The Morgan fingerprint density at radius 2 is 2.12 bits per heavy atom. The summed E-state index contributed by atoms with van der Waals surface area (Å²) in [5.41, 5.74) is 10.2. The van der Waals surface area contributed by atoms with E-state index in [4.69, 9.17) is 10.5 Å². The van der Waals surface area contributed by atoms with E-state index >= 15 is 0 Å². The van der Waals surface area contributed by atoms with Gasteiger partial charge in [0.15, 0.2) is 0 Å². The van der Waals surface area contributed by atoms with E-state index in [1.807, 2.05) is 29.3 Å². The van der Waals surface area contributed by atoms with Crippen LogP contribution in [0.15, 0.2) is 29.3 Å². The summed E-state index contributed by atoms with van der Waals surface area (Å²) in [4.78, 5) is 4.30. The molecule has 0 amide bonds. The first-order chi connectivity index (χ1) is 8.22. The molecule has 0 aliphatic carbocycles. The van der Waals surface area contributed by atoms with E-state index in [2.05, 4.69) is 17.3 Å². The summed E-state index contributed by atoms with van der Waals surface area (Å²) in [5, 5.41) is 1.87. The van der Waals surface area contributed by atoms with E-state index in [-0.39, 0.29) is 6.17 Å². The van der Waals surface area contributed by atoms with E-state index in [0.29, 0.717) is 12.5 Å². The molecule has 5 heteroatoms. The lowest BCUT2D eigenvalue weighted by atomic mass is 10.2. The van der Waals surface area contributed by atoms with Gasteiger partial charge in [0.05, 0.1) is 13.7 Å². The molecule has 92 valence electrons. The lowest BCUT2D eigenvalue weighted by Gasteiger charge is -2.19. The van der Waals surface area contributed by atoms with Gasteiger partial charge in [0.2, 0.25) is 5.96 Å². The van der Waals surface area contributed by atoms with Crippen molar-refractivity contribution in [1.29, 1.82) is 0 Å². The summed E-state index contributed by atoms with van der Waals surface area (Å²) < 4.78 is 5.12. The number of aliphatic imine (C=N–C) groups is 1. The smallest absolute Gasteiger partial charge is 0.207 e. The maximum absolute atomic E-state index is 5.84. The Labute approximate surface area is 101 Å². The molecule has 0 spiro atoms. The molecule has 1 aromatic rings. The molecule has 0 saturated carbocycles. The van der Waals surface area contributed by atoms with Gasteiger partial charge in [-0.3, -0.25) is 5.01 Å². The van der Waals surface area contributed by atoms with Crippen molar-refractivity contribution in [3.8, 4) is 5.75 Å². The predicted molar refractivity (Wildman–Crippen MR) is 67.4 cm³/mol. The van der Waals surface area contributed by atoms with E-state index < -0.39 is 0 Å². The van der Waals surface area contributed by atoms with Crippen molar-refractivity contribution >= 4 is 5.96 Å². The highest BCUT2D eigenvalue weighted by Crippen LogP contribution is 2.14. The molecule has 0 radical (unpaired) electrons. The van der Waals surface area contributed by atoms with Crippen LogP contribution in [0.5, 0.6) is 5.75 Å². The number of hydrazine groups is 1. The van der Waals surface area contributed by atoms with Crippen LogP contribution < -0.4 is 15.9 Å². The standard InChI is InChI=1S/C12H18N4O/c1-3-11-14-12(13)16(15-11)8-9-4-6-10(17-2)7-5-9/h4-7,11,15H,3,8H2,1-2H3,(H2,13,14). The zero-order valence-electron chi connectivity index (χ0n) is 10.2. The first kappa shape index (κ1) is 11.7. The molecule has 0 fully saturated rings. The molecule has 1 unspecified atom stereocenters. The van der Waals surface area contributed by atoms with Crippen molar-refractivity contribution in [2.45, 2.75) is 26.1 Å². The van der Waals surface area contributed by atoms with E-state index in [1.54, 1.807) is 7.11 Å². The summed E-state index contributed by atoms with van der Waals surface area (Å²) in [7, 11) is 1.66. The number of nitrogens with two attached hydrogens (primary N) is 1. The van der Waals surface area contributed by atoms with Gasteiger partial charge in [0, 0.05) is 0 Å². The molecule has 1 aliphatic rings. The fourth-order valence-electron chi connectivity index (χ4n) is 1.73. The first-order valence-corrected chi connectivity index (χ1v) is 5.73. The van der Waals surface area contributed by atoms with Crippen LogP contribution in [0.2, 0.25) is 0 Å². The topological polar surface area (TPSA) is 62.9 Å². The summed E-state index contributed by atoms with van der Waals surface area (Å²) in [6, 6.07) is 7.92. The third-order valence-corrected chi connectivity index (χ3v) is 2.76. The van der Waals surface area contributed by atoms with E-state index in [1.165, 1.54) is 0 Å². The monoisotopic (exact) mass is 234 g/mol.